The number of likely N-dealkylation sites (tertiary alicyclic amines) is 1. The van der Waals surface area contributed by atoms with Crippen molar-refractivity contribution >= 4 is 21.8 Å². The molecule has 0 aromatic rings. The molecule has 1 aliphatic heterocycles. The minimum absolute atomic E-state index is 0.0185. The number of rotatable bonds is 5. The molecule has 112 valence electrons. The lowest BCUT2D eigenvalue weighted by atomic mass is 9.94. The lowest BCUT2D eigenvalue weighted by Gasteiger charge is -2.33. The summed E-state index contributed by atoms with van der Waals surface area (Å²) in [5, 5.41) is 0. The van der Waals surface area contributed by atoms with Gasteiger partial charge in [-0.1, -0.05) is 22.9 Å². The maximum Gasteiger partial charge on any atom is 0.411 e. The van der Waals surface area contributed by atoms with Gasteiger partial charge in [-0.2, -0.15) is 13.2 Å². The van der Waals surface area contributed by atoms with Crippen LogP contribution in [0.3, 0.4) is 0 Å². The first-order chi connectivity index (χ1) is 8.79. The second-order valence-corrected chi connectivity index (χ2v) is 6.26. The minimum Gasteiger partial charge on any atom is -0.372 e. The highest BCUT2D eigenvalue weighted by atomic mass is 79.9. The monoisotopic (exact) mass is 345 g/mol. The Balaban J connectivity index is 2.18. The number of hydrogen-bond donors (Lipinski definition) is 0. The van der Waals surface area contributed by atoms with Gasteiger partial charge in [0, 0.05) is 17.9 Å². The summed E-state index contributed by atoms with van der Waals surface area (Å²) in [6.45, 7) is 1.99. The Morgan fingerprint density at radius 2 is 2.00 bits per heavy atom. The van der Waals surface area contributed by atoms with Crippen molar-refractivity contribution in [3.05, 3.63) is 0 Å². The van der Waals surface area contributed by atoms with Crippen LogP contribution >= 0.6 is 15.9 Å². The van der Waals surface area contributed by atoms with E-state index in [1.165, 1.54) is 0 Å². The second-order valence-electron chi connectivity index (χ2n) is 4.81. The summed E-state index contributed by atoms with van der Waals surface area (Å²) in [5.74, 6) is 0.438. The van der Waals surface area contributed by atoms with Gasteiger partial charge in [0.1, 0.15) is 6.61 Å². The summed E-state index contributed by atoms with van der Waals surface area (Å²) < 4.78 is 39.9. The molecule has 0 aromatic carbocycles. The molecule has 19 heavy (non-hydrogen) atoms. The van der Waals surface area contributed by atoms with Gasteiger partial charge in [0.15, 0.2) is 0 Å². The van der Waals surface area contributed by atoms with E-state index in [-0.39, 0.29) is 18.9 Å². The van der Waals surface area contributed by atoms with Gasteiger partial charge in [-0.25, -0.2) is 0 Å². The fourth-order valence-electron chi connectivity index (χ4n) is 2.11. The average molecular weight is 346 g/mol. The zero-order chi connectivity index (χ0) is 14.5. The predicted octanol–water partition coefficient (Wildman–Crippen LogP) is 2.98. The SMILES string of the molecule is CC(Br)C1CCN(C(=O)CCOCC(F)(F)F)CC1. The van der Waals surface area contributed by atoms with Crippen LogP contribution in [0.2, 0.25) is 0 Å². The van der Waals surface area contributed by atoms with E-state index < -0.39 is 12.8 Å². The molecule has 1 unspecified atom stereocenters. The van der Waals surface area contributed by atoms with Gasteiger partial charge in [0.25, 0.3) is 0 Å². The van der Waals surface area contributed by atoms with Crippen LogP contribution in [-0.2, 0) is 9.53 Å². The van der Waals surface area contributed by atoms with Crippen molar-refractivity contribution in [2.45, 2.75) is 37.2 Å². The van der Waals surface area contributed by atoms with E-state index in [0.717, 1.165) is 12.8 Å². The van der Waals surface area contributed by atoms with Gasteiger partial charge in [-0.3, -0.25) is 4.79 Å². The molecule has 0 bridgehead atoms. The zero-order valence-corrected chi connectivity index (χ0v) is 12.5. The molecule has 7 heteroatoms. The number of carbonyl (C=O) groups is 1. The number of ether oxygens (including phenoxy) is 1. The van der Waals surface area contributed by atoms with Crippen LogP contribution in [0.4, 0.5) is 13.2 Å². The summed E-state index contributed by atoms with van der Waals surface area (Å²) in [6.07, 6.45) is -2.44. The second kappa shape index (κ2) is 7.47. The van der Waals surface area contributed by atoms with Gasteiger partial charge < -0.3 is 9.64 Å². The van der Waals surface area contributed by atoms with Crippen molar-refractivity contribution in [3.63, 3.8) is 0 Å². The highest BCUT2D eigenvalue weighted by Crippen LogP contribution is 2.25. The number of halogens is 4. The molecule has 1 aliphatic rings. The van der Waals surface area contributed by atoms with Gasteiger partial charge in [-0.05, 0) is 18.8 Å². The van der Waals surface area contributed by atoms with Crippen LogP contribution in [0.1, 0.15) is 26.2 Å². The zero-order valence-electron chi connectivity index (χ0n) is 10.9. The first-order valence-corrected chi connectivity index (χ1v) is 7.27. The molecule has 0 aliphatic carbocycles. The highest BCUT2D eigenvalue weighted by Gasteiger charge is 2.28. The third-order valence-corrected chi connectivity index (χ3v) is 4.02. The molecular formula is C12H19BrF3NO2. The minimum atomic E-state index is -4.33. The smallest absolute Gasteiger partial charge is 0.372 e. The third-order valence-electron chi connectivity index (χ3n) is 3.27. The van der Waals surface area contributed by atoms with E-state index >= 15 is 0 Å². The fourth-order valence-corrected chi connectivity index (χ4v) is 2.64. The summed E-state index contributed by atoms with van der Waals surface area (Å²) in [6, 6.07) is 0. The summed E-state index contributed by atoms with van der Waals surface area (Å²) in [4.78, 5) is 13.9. The van der Waals surface area contributed by atoms with Crippen LogP contribution in [0.15, 0.2) is 0 Å². The first kappa shape index (κ1) is 16.8. The summed E-state index contributed by atoms with van der Waals surface area (Å²) in [7, 11) is 0. The largest absolute Gasteiger partial charge is 0.411 e. The molecular weight excluding hydrogens is 327 g/mol. The first-order valence-electron chi connectivity index (χ1n) is 6.36. The molecule has 0 radical (unpaired) electrons. The van der Waals surface area contributed by atoms with E-state index in [4.69, 9.17) is 0 Å². The van der Waals surface area contributed by atoms with Crippen molar-refractivity contribution in [2.24, 2.45) is 5.92 Å². The number of piperidine rings is 1. The average Bonchev–Trinajstić information content (AvgIpc) is 2.33. The molecule has 3 nitrogen and oxygen atoms in total. The van der Waals surface area contributed by atoms with Crippen molar-refractivity contribution in [3.8, 4) is 0 Å². The number of nitrogens with zero attached hydrogens (tertiary/aromatic N) is 1. The Labute approximate surface area is 119 Å². The molecule has 0 N–H and O–H groups in total. The number of amides is 1. The van der Waals surface area contributed by atoms with Crippen molar-refractivity contribution < 1.29 is 22.7 Å². The molecule has 0 aromatic heterocycles. The normalized spacial score (nSPS) is 19.5. The Morgan fingerprint density at radius 1 is 1.42 bits per heavy atom. The van der Waals surface area contributed by atoms with Gasteiger partial charge in [0.05, 0.1) is 13.0 Å². The van der Waals surface area contributed by atoms with Crippen molar-refractivity contribution in [2.75, 3.05) is 26.3 Å². The van der Waals surface area contributed by atoms with E-state index in [1.807, 2.05) is 0 Å². The quantitative estimate of drug-likeness (QED) is 0.566. The number of carbonyl (C=O) groups excluding carboxylic acids is 1. The maximum atomic E-state index is 11.8. The lowest BCUT2D eigenvalue weighted by Crippen LogP contribution is -2.40. The van der Waals surface area contributed by atoms with Gasteiger partial charge >= 0.3 is 6.18 Å². The number of alkyl halides is 4. The van der Waals surface area contributed by atoms with Crippen LogP contribution in [-0.4, -0.2) is 48.1 Å². The molecule has 1 saturated heterocycles. The molecule has 1 atom stereocenters. The molecule has 1 fully saturated rings. The Morgan fingerprint density at radius 3 is 2.47 bits per heavy atom. The van der Waals surface area contributed by atoms with Crippen LogP contribution in [0.5, 0.6) is 0 Å². The Kier molecular flexibility index (Phi) is 6.59. The van der Waals surface area contributed by atoms with Crippen LogP contribution in [0.25, 0.3) is 0 Å². The molecule has 0 spiro atoms. The van der Waals surface area contributed by atoms with Crippen LogP contribution in [0, 0.1) is 5.92 Å². The lowest BCUT2D eigenvalue weighted by molar-refractivity contribution is -0.175. The summed E-state index contributed by atoms with van der Waals surface area (Å²) in [5.41, 5.74) is 0. The molecule has 1 amide bonds. The van der Waals surface area contributed by atoms with E-state index in [0.29, 0.717) is 23.8 Å². The van der Waals surface area contributed by atoms with Gasteiger partial charge in [-0.15, -0.1) is 0 Å². The van der Waals surface area contributed by atoms with Crippen molar-refractivity contribution in [1.29, 1.82) is 0 Å². The van der Waals surface area contributed by atoms with E-state index in [1.54, 1.807) is 4.90 Å². The Hall–Kier alpha value is -0.300. The molecule has 0 saturated carbocycles. The highest BCUT2D eigenvalue weighted by molar-refractivity contribution is 9.09. The summed E-state index contributed by atoms with van der Waals surface area (Å²) >= 11 is 3.53. The van der Waals surface area contributed by atoms with Crippen molar-refractivity contribution in [1.82, 2.24) is 4.90 Å². The standard InChI is InChI=1S/C12H19BrF3NO2/c1-9(13)10-2-5-17(6-3-10)11(18)4-7-19-8-12(14,15)16/h9-10H,2-8H2,1H3. The fraction of sp³-hybridized carbons (Fsp3) is 0.917. The third kappa shape index (κ3) is 6.61. The topological polar surface area (TPSA) is 29.5 Å². The maximum absolute atomic E-state index is 11.8. The predicted molar refractivity (Wildman–Crippen MR) is 69.2 cm³/mol. The number of hydrogen-bond acceptors (Lipinski definition) is 2. The van der Waals surface area contributed by atoms with E-state index in [9.17, 15) is 18.0 Å². The van der Waals surface area contributed by atoms with E-state index in [2.05, 4.69) is 27.6 Å². The van der Waals surface area contributed by atoms with Gasteiger partial charge in [0.2, 0.25) is 5.91 Å². The van der Waals surface area contributed by atoms with Crippen LogP contribution < -0.4 is 0 Å². The molecule has 1 heterocycles. The molecule has 1 rings (SSSR count). The Bertz CT molecular complexity index is 289.